The zero-order valence-electron chi connectivity index (χ0n) is 15.7. The molecule has 3 rings (SSSR count). The molecular weight excluding hydrogens is 384 g/mol. The quantitative estimate of drug-likeness (QED) is 0.635. The molecule has 0 atom stereocenters. The maximum Gasteiger partial charge on any atom is 0.264 e. The normalized spacial score (nSPS) is 11.9. The number of aromatic nitrogens is 4. The first-order valence-corrected chi connectivity index (χ1v) is 9.84. The minimum absolute atomic E-state index is 0.0606. The van der Waals surface area contributed by atoms with Gasteiger partial charge in [0.2, 0.25) is 15.9 Å². The molecule has 3 aromatic rings. The van der Waals surface area contributed by atoms with Crippen molar-refractivity contribution in [2.24, 2.45) is 7.05 Å². The van der Waals surface area contributed by atoms with E-state index < -0.39 is 10.0 Å². The van der Waals surface area contributed by atoms with E-state index in [1.165, 1.54) is 60.1 Å². The van der Waals surface area contributed by atoms with Gasteiger partial charge in [-0.05, 0) is 24.3 Å². The summed E-state index contributed by atoms with van der Waals surface area (Å²) in [5.41, 5.74) is 0.693. The summed E-state index contributed by atoms with van der Waals surface area (Å²) in [6.45, 7) is 0.162. The molecule has 0 bridgehead atoms. The monoisotopic (exact) mass is 404 g/mol. The third-order valence-electron chi connectivity index (χ3n) is 4.21. The number of hydrogen-bond donors (Lipinski definition) is 1. The second kappa shape index (κ2) is 7.52. The van der Waals surface area contributed by atoms with Crippen LogP contribution in [-0.4, -0.2) is 52.1 Å². The molecule has 2 heterocycles. The Balaban J connectivity index is 1.65. The minimum atomic E-state index is -3.52. The lowest BCUT2D eigenvalue weighted by molar-refractivity contribution is -0.116. The predicted octanol–water partition coefficient (Wildman–Crippen LogP) is 0.409. The first-order chi connectivity index (χ1) is 13.2. The van der Waals surface area contributed by atoms with Crippen LogP contribution < -0.4 is 10.9 Å². The van der Waals surface area contributed by atoms with Gasteiger partial charge in [0.05, 0.1) is 17.4 Å². The molecule has 0 unspecified atom stereocenters. The van der Waals surface area contributed by atoms with E-state index in [2.05, 4.69) is 15.4 Å². The molecule has 11 heteroatoms. The van der Waals surface area contributed by atoms with E-state index in [-0.39, 0.29) is 29.3 Å². The number of amides is 1. The Bertz CT molecular complexity index is 1180. The summed E-state index contributed by atoms with van der Waals surface area (Å²) in [7, 11) is 1.07. The molecule has 1 amide bonds. The number of carbonyl (C=O) groups is 1. The van der Waals surface area contributed by atoms with E-state index in [9.17, 15) is 18.0 Å². The van der Waals surface area contributed by atoms with E-state index in [0.717, 1.165) is 4.31 Å². The molecule has 0 aliphatic carbocycles. The number of nitrogens with zero attached hydrogens (tertiary/aromatic N) is 5. The number of carbonyl (C=O) groups excluding carboxylic acids is 1. The van der Waals surface area contributed by atoms with Crippen molar-refractivity contribution < 1.29 is 13.2 Å². The lowest BCUT2D eigenvalue weighted by Crippen LogP contribution is -2.23. The Kier molecular flexibility index (Phi) is 5.29. The number of fused-ring (bicyclic) bond motifs is 1. The van der Waals surface area contributed by atoms with Gasteiger partial charge in [0.25, 0.3) is 5.56 Å². The van der Waals surface area contributed by atoms with Crippen LogP contribution in [-0.2, 0) is 28.4 Å². The van der Waals surface area contributed by atoms with Gasteiger partial charge in [-0.1, -0.05) is 0 Å². The zero-order valence-corrected chi connectivity index (χ0v) is 16.5. The number of sulfonamides is 1. The molecule has 0 fully saturated rings. The first kappa shape index (κ1) is 19.7. The third-order valence-corrected chi connectivity index (χ3v) is 6.04. The smallest absolute Gasteiger partial charge is 0.264 e. The molecule has 0 radical (unpaired) electrons. The van der Waals surface area contributed by atoms with Gasteiger partial charge in [0.15, 0.2) is 5.65 Å². The van der Waals surface area contributed by atoms with Crippen LogP contribution in [0.5, 0.6) is 0 Å². The summed E-state index contributed by atoms with van der Waals surface area (Å²) in [6, 6.07) is 5.89. The summed E-state index contributed by atoms with van der Waals surface area (Å²) < 4.78 is 28.1. The molecule has 0 aliphatic heterocycles. The molecule has 0 spiro atoms. The van der Waals surface area contributed by atoms with Crippen LogP contribution in [0.25, 0.3) is 11.0 Å². The molecule has 1 N–H and O–H groups in total. The lowest BCUT2D eigenvalue weighted by atomic mass is 10.3. The molecule has 148 valence electrons. The van der Waals surface area contributed by atoms with Crippen LogP contribution in [0.1, 0.15) is 6.42 Å². The van der Waals surface area contributed by atoms with Crippen molar-refractivity contribution in [1.29, 1.82) is 0 Å². The second-order valence-electron chi connectivity index (χ2n) is 6.36. The summed E-state index contributed by atoms with van der Waals surface area (Å²) in [5, 5.41) is 7.07. The molecule has 0 aliphatic rings. The molecule has 28 heavy (non-hydrogen) atoms. The highest BCUT2D eigenvalue weighted by molar-refractivity contribution is 7.89. The number of rotatable bonds is 6. The standard InChI is InChI=1S/C17H20N6O4S/c1-21(2)28(26,27)13-6-4-12(5-7-13)20-15(24)8-9-23-11-18-16-14(17(23)25)10-19-22(16)3/h4-7,10-11H,8-9H2,1-3H3,(H,20,24). The van der Waals surface area contributed by atoms with Crippen LogP contribution in [0.4, 0.5) is 5.69 Å². The van der Waals surface area contributed by atoms with E-state index in [1.54, 1.807) is 7.05 Å². The summed E-state index contributed by atoms with van der Waals surface area (Å²) in [4.78, 5) is 28.9. The Labute approximate surface area is 161 Å². The van der Waals surface area contributed by atoms with Crippen LogP contribution in [0, 0.1) is 0 Å². The fourth-order valence-corrected chi connectivity index (χ4v) is 3.49. The Morgan fingerprint density at radius 1 is 1.21 bits per heavy atom. The van der Waals surface area contributed by atoms with Crippen LogP contribution in [0.15, 0.2) is 46.5 Å². The van der Waals surface area contributed by atoms with Crippen molar-refractivity contribution in [3.63, 3.8) is 0 Å². The maximum absolute atomic E-state index is 12.4. The second-order valence-corrected chi connectivity index (χ2v) is 8.51. The Morgan fingerprint density at radius 3 is 2.54 bits per heavy atom. The average Bonchev–Trinajstić information content (AvgIpc) is 3.03. The van der Waals surface area contributed by atoms with E-state index in [1.807, 2.05) is 0 Å². The van der Waals surface area contributed by atoms with Gasteiger partial charge in [-0.15, -0.1) is 0 Å². The number of nitrogens with one attached hydrogen (secondary N) is 1. The summed E-state index contributed by atoms with van der Waals surface area (Å²) in [5.74, 6) is -0.304. The molecule has 2 aromatic heterocycles. The molecule has 0 saturated carbocycles. The topological polar surface area (TPSA) is 119 Å². The number of aryl methyl sites for hydroxylation is 2. The van der Waals surface area contributed by atoms with Gasteiger partial charge >= 0.3 is 0 Å². The lowest BCUT2D eigenvalue weighted by Gasteiger charge is -2.12. The summed E-state index contributed by atoms with van der Waals surface area (Å²) in [6.07, 6.45) is 2.90. The van der Waals surface area contributed by atoms with Gasteiger partial charge in [-0.25, -0.2) is 17.7 Å². The van der Waals surface area contributed by atoms with Gasteiger partial charge in [0.1, 0.15) is 5.39 Å². The number of hydrogen-bond acceptors (Lipinski definition) is 6. The number of benzene rings is 1. The van der Waals surface area contributed by atoms with Crippen molar-refractivity contribution in [2.75, 3.05) is 19.4 Å². The van der Waals surface area contributed by atoms with Crippen molar-refractivity contribution in [2.45, 2.75) is 17.9 Å². The van der Waals surface area contributed by atoms with Gasteiger partial charge in [-0.2, -0.15) is 5.10 Å². The Morgan fingerprint density at radius 2 is 1.89 bits per heavy atom. The van der Waals surface area contributed by atoms with Gasteiger partial charge in [-0.3, -0.25) is 18.8 Å². The van der Waals surface area contributed by atoms with Crippen molar-refractivity contribution >= 4 is 32.7 Å². The molecular formula is C17H20N6O4S. The van der Waals surface area contributed by atoms with Crippen molar-refractivity contribution in [3.8, 4) is 0 Å². The fraction of sp³-hybridized carbons (Fsp3) is 0.294. The van der Waals surface area contributed by atoms with Crippen LogP contribution in [0.3, 0.4) is 0 Å². The fourth-order valence-electron chi connectivity index (χ4n) is 2.59. The largest absolute Gasteiger partial charge is 0.326 e. The van der Waals surface area contributed by atoms with E-state index in [0.29, 0.717) is 16.7 Å². The van der Waals surface area contributed by atoms with Crippen molar-refractivity contribution in [1.82, 2.24) is 23.6 Å². The highest BCUT2D eigenvalue weighted by atomic mass is 32.2. The Hall–Kier alpha value is -3.05. The zero-order chi connectivity index (χ0) is 20.5. The molecule has 0 saturated heterocycles. The third kappa shape index (κ3) is 3.80. The predicted molar refractivity (Wildman–Crippen MR) is 103 cm³/mol. The maximum atomic E-state index is 12.4. The first-order valence-electron chi connectivity index (χ1n) is 8.40. The van der Waals surface area contributed by atoms with E-state index >= 15 is 0 Å². The summed E-state index contributed by atoms with van der Waals surface area (Å²) >= 11 is 0. The molecule has 10 nitrogen and oxygen atoms in total. The van der Waals surface area contributed by atoms with Gasteiger partial charge in [0, 0.05) is 39.8 Å². The molecule has 1 aromatic carbocycles. The average molecular weight is 404 g/mol. The SMILES string of the molecule is CN(C)S(=O)(=O)c1ccc(NC(=O)CCn2cnc3c(cnn3C)c2=O)cc1. The van der Waals surface area contributed by atoms with Crippen LogP contribution >= 0.6 is 0 Å². The minimum Gasteiger partial charge on any atom is -0.326 e. The van der Waals surface area contributed by atoms with Crippen molar-refractivity contribution in [3.05, 3.63) is 47.1 Å². The van der Waals surface area contributed by atoms with Gasteiger partial charge < -0.3 is 5.32 Å². The highest BCUT2D eigenvalue weighted by Gasteiger charge is 2.17. The van der Waals surface area contributed by atoms with E-state index in [4.69, 9.17) is 0 Å². The number of anilines is 1. The highest BCUT2D eigenvalue weighted by Crippen LogP contribution is 2.16. The van der Waals surface area contributed by atoms with Crippen LogP contribution in [0.2, 0.25) is 0 Å².